The molecule has 3 nitrogen and oxygen atoms in total. The predicted octanol–water partition coefficient (Wildman–Crippen LogP) is 2.10. The summed E-state index contributed by atoms with van der Waals surface area (Å²) in [4.78, 5) is 12.4. The molecule has 0 aliphatic rings. The molecule has 17 heavy (non-hydrogen) atoms. The zero-order valence-electron chi connectivity index (χ0n) is 10.4. The summed E-state index contributed by atoms with van der Waals surface area (Å²) in [6.45, 7) is 5.81. The van der Waals surface area contributed by atoms with Crippen molar-refractivity contribution in [1.29, 1.82) is 0 Å². The summed E-state index contributed by atoms with van der Waals surface area (Å²) >= 11 is 4.91. The molecule has 0 saturated heterocycles. The topological polar surface area (TPSA) is 55.1 Å². The number of carbonyl (C=O) groups excluding carboxylic acids is 1. The zero-order chi connectivity index (χ0) is 13.0. The Morgan fingerprint density at radius 3 is 2.65 bits per heavy atom. The second-order valence-corrected chi connectivity index (χ2v) is 4.63. The second-order valence-electron chi connectivity index (χ2n) is 4.16. The fraction of sp³-hybridized carbons (Fsp3) is 0.385. The molecule has 1 rings (SSSR count). The van der Waals surface area contributed by atoms with E-state index in [-0.39, 0.29) is 11.9 Å². The maximum Gasteiger partial charge on any atom is 0.252 e. The van der Waals surface area contributed by atoms with Crippen molar-refractivity contribution >= 4 is 23.1 Å². The standard InChI is InChI=1S/C13H18N2OS/c1-4-11(12(14)17)15-13(16)10-7-8(2)5-6-9(10)3/h5-7,11H,4H2,1-3H3,(H2,14,17)(H,15,16). The molecule has 0 radical (unpaired) electrons. The number of nitrogens with one attached hydrogen (secondary N) is 1. The number of rotatable bonds is 4. The van der Waals surface area contributed by atoms with E-state index >= 15 is 0 Å². The van der Waals surface area contributed by atoms with E-state index in [1.807, 2.05) is 39.0 Å². The van der Waals surface area contributed by atoms with E-state index < -0.39 is 0 Å². The predicted molar refractivity (Wildman–Crippen MR) is 74.2 cm³/mol. The van der Waals surface area contributed by atoms with Gasteiger partial charge in [0.25, 0.3) is 5.91 Å². The van der Waals surface area contributed by atoms with Gasteiger partial charge in [0.2, 0.25) is 0 Å². The van der Waals surface area contributed by atoms with Crippen molar-refractivity contribution < 1.29 is 4.79 Å². The van der Waals surface area contributed by atoms with Crippen LogP contribution in [0.25, 0.3) is 0 Å². The van der Waals surface area contributed by atoms with E-state index in [2.05, 4.69) is 5.32 Å². The normalized spacial score (nSPS) is 11.9. The molecule has 0 aliphatic heterocycles. The van der Waals surface area contributed by atoms with Crippen LogP contribution in [0.1, 0.15) is 34.8 Å². The Bertz CT molecular complexity index is 443. The van der Waals surface area contributed by atoms with Gasteiger partial charge in [-0.3, -0.25) is 4.79 Å². The maximum absolute atomic E-state index is 12.1. The second kappa shape index (κ2) is 5.77. The fourth-order valence-electron chi connectivity index (χ4n) is 1.59. The molecule has 0 saturated carbocycles. The van der Waals surface area contributed by atoms with Crippen molar-refractivity contribution in [3.63, 3.8) is 0 Å². The molecule has 4 heteroatoms. The molecule has 0 heterocycles. The molecule has 1 aromatic carbocycles. The Kier molecular flexibility index (Phi) is 4.63. The molecule has 1 unspecified atom stereocenters. The van der Waals surface area contributed by atoms with Gasteiger partial charge in [-0.25, -0.2) is 0 Å². The Balaban J connectivity index is 2.89. The van der Waals surface area contributed by atoms with Crippen LogP contribution in [0.2, 0.25) is 0 Å². The highest BCUT2D eigenvalue weighted by molar-refractivity contribution is 7.80. The summed E-state index contributed by atoms with van der Waals surface area (Å²) in [5.74, 6) is -0.120. The zero-order valence-corrected chi connectivity index (χ0v) is 11.2. The molecule has 0 aromatic heterocycles. The van der Waals surface area contributed by atoms with Gasteiger partial charge in [0, 0.05) is 5.56 Å². The minimum Gasteiger partial charge on any atom is -0.392 e. The van der Waals surface area contributed by atoms with Crippen LogP contribution in [0.5, 0.6) is 0 Å². The van der Waals surface area contributed by atoms with Crippen molar-refractivity contribution in [3.8, 4) is 0 Å². The lowest BCUT2D eigenvalue weighted by Crippen LogP contribution is -2.43. The van der Waals surface area contributed by atoms with Gasteiger partial charge in [0.15, 0.2) is 0 Å². The average Bonchev–Trinajstić information content (AvgIpc) is 2.28. The largest absolute Gasteiger partial charge is 0.392 e. The van der Waals surface area contributed by atoms with E-state index in [4.69, 9.17) is 18.0 Å². The van der Waals surface area contributed by atoms with Gasteiger partial charge in [-0.15, -0.1) is 0 Å². The molecular weight excluding hydrogens is 232 g/mol. The third-order valence-electron chi connectivity index (χ3n) is 2.69. The van der Waals surface area contributed by atoms with Gasteiger partial charge >= 0.3 is 0 Å². The van der Waals surface area contributed by atoms with Crippen LogP contribution in [-0.4, -0.2) is 16.9 Å². The summed E-state index contributed by atoms with van der Waals surface area (Å²) in [7, 11) is 0. The number of nitrogens with two attached hydrogens (primary N) is 1. The minimum absolute atomic E-state index is 0.120. The Labute approximate surface area is 107 Å². The van der Waals surface area contributed by atoms with Gasteiger partial charge in [-0.1, -0.05) is 36.8 Å². The Morgan fingerprint density at radius 2 is 2.12 bits per heavy atom. The van der Waals surface area contributed by atoms with E-state index in [9.17, 15) is 4.79 Å². The fourth-order valence-corrected chi connectivity index (χ4v) is 1.82. The van der Waals surface area contributed by atoms with E-state index in [1.54, 1.807) is 0 Å². The number of hydrogen-bond acceptors (Lipinski definition) is 2. The summed E-state index contributed by atoms with van der Waals surface area (Å²) in [5, 5.41) is 2.85. The van der Waals surface area contributed by atoms with Gasteiger partial charge < -0.3 is 11.1 Å². The molecular formula is C13H18N2OS. The van der Waals surface area contributed by atoms with Crippen LogP contribution in [0.4, 0.5) is 0 Å². The average molecular weight is 250 g/mol. The number of thiocarbonyl (C=S) groups is 1. The van der Waals surface area contributed by atoms with Crippen molar-refractivity contribution in [2.45, 2.75) is 33.2 Å². The monoisotopic (exact) mass is 250 g/mol. The summed E-state index contributed by atoms with van der Waals surface area (Å²) < 4.78 is 0. The molecule has 3 N–H and O–H groups in total. The SMILES string of the molecule is CCC(NC(=O)c1cc(C)ccc1C)C(N)=S. The lowest BCUT2D eigenvalue weighted by molar-refractivity contribution is 0.0945. The number of aryl methyl sites for hydroxylation is 2. The van der Waals surface area contributed by atoms with Crippen LogP contribution >= 0.6 is 12.2 Å². The lowest BCUT2D eigenvalue weighted by Gasteiger charge is -2.16. The summed E-state index contributed by atoms with van der Waals surface area (Å²) in [6.07, 6.45) is 0.700. The van der Waals surface area contributed by atoms with Crippen LogP contribution in [0.3, 0.4) is 0 Å². The van der Waals surface area contributed by atoms with E-state index in [0.717, 1.165) is 11.1 Å². The highest BCUT2D eigenvalue weighted by atomic mass is 32.1. The molecule has 0 spiro atoms. The lowest BCUT2D eigenvalue weighted by atomic mass is 10.0. The van der Waals surface area contributed by atoms with E-state index in [1.165, 1.54) is 0 Å². The number of benzene rings is 1. The summed E-state index contributed by atoms with van der Waals surface area (Å²) in [6, 6.07) is 5.55. The van der Waals surface area contributed by atoms with Gasteiger partial charge in [0.05, 0.1) is 11.0 Å². The third-order valence-corrected chi connectivity index (χ3v) is 2.98. The first-order valence-electron chi connectivity index (χ1n) is 5.63. The maximum atomic E-state index is 12.1. The molecule has 1 amide bonds. The van der Waals surface area contributed by atoms with Crippen LogP contribution in [0, 0.1) is 13.8 Å². The smallest absolute Gasteiger partial charge is 0.252 e. The molecule has 0 bridgehead atoms. The third kappa shape index (κ3) is 3.53. The van der Waals surface area contributed by atoms with Crippen molar-refractivity contribution in [1.82, 2.24) is 5.32 Å². The quantitative estimate of drug-likeness (QED) is 0.805. The first kappa shape index (κ1) is 13.6. The molecule has 1 atom stereocenters. The number of carbonyl (C=O) groups is 1. The van der Waals surface area contributed by atoms with Crippen molar-refractivity contribution in [3.05, 3.63) is 34.9 Å². The molecule has 0 aliphatic carbocycles. The number of hydrogen-bond donors (Lipinski definition) is 2. The summed E-state index contributed by atoms with van der Waals surface area (Å²) in [5.41, 5.74) is 8.25. The van der Waals surface area contributed by atoms with Crippen molar-refractivity contribution in [2.75, 3.05) is 0 Å². The first-order valence-corrected chi connectivity index (χ1v) is 6.04. The first-order chi connectivity index (χ1) is 7.95. The van der Waals surface area contributed by atoms with Crippen LogP contribution in [-0.2, 0) is 0 Å². The van der Waals surface area contributed by atoms with Crippen LogP contribution in [0.15, 0.2) is 18.2 Å². The molecule has 0 fully saturated rings. The van der Waals surface area contributed by atoms with Crippen LogP contribution < -0.4 is 11.1 Å². The minimum atomic E-state index is -0.239. The Morgan fingerprint density at radius 1 is 1.47 bits per heavy atom. The van der Waals surface area contributed by atoms with Gasteiger partial charge in [-0.2, -0.15) is 0 Å². The van der Waals surface area contributed by atoms with E-state index in [0.29, 0.717) is 17.0 Å². The van der Waals surface area contributed by atoms with Gasteiger partial charge in [-0.05, 0) is 31.9 Å². The molecule has 1 aromatic rings. The highest BCUT2D eigenvalue weighted by Crippen LogP contribution is 2.11. The van der Waals surface area contributed by atoms with Crippen molar-refractivity contribution in [2.24, 2.45) is 5.73 Å². The highest BCUT2D eigenvalue weighted by Gasteiger charge is 2.15. The van der Waals surface area contributed by atoms with Gasteiger partial charge in [0.1, 0.15) is 0 Å². The molecule has 92 valence electrons. The Hall–Kier alpha value is -1.42. The number of amides is 1.